The number of likely N-dealkylation sites (N-methyl/N-ethyl adjacent to an activating group) is 2. The fourth-order valence-corrected chi connectivity index (χ4v) is 9.28. The maximum atomic E-state index is 14.8. The van der Waals surface area contributed by atoms with Crippen LogP contribution >= 0.6 is 0 Å². The van der Waals surface area contributed by atoms with Crippen molar-refractivity contribution in [1.82, 2.24) is 30.7 Å². The zero-order valence-corrected chi connectivity index (χ0v) is 45.9. The van der Waals surface area contributed by atoms with Crippen LogP contribution in [0.25, 0.3) is 0 Å². The number of fused-ring (bicyclic) bond motifs is 1. The summed E-state index contributed by atoms with van der Waals surface area (Å²) < 4.78 is 17.2. The minimum atomic E-state index is -1.66. The minimum Gasteiger partial charge on any atom is -0.497 e. The zero-order chi connectivity index (χ0) is 55.0. The normalized spacial score (nSPS) is 26.4. The van der Waals surface area contributed by atoms with Crippen molar-refractivity contribution in [3.05, 3.63) is 29.8 Å². The number of methoxy groups -OCH3 is 1. The summed E-state index contributed by atoms with van der Waals surface area (Å²) in [6.45, 7) is 19.2. The lowest BCUT2D eigenvalue weighted by Crippen LogP contribution is -2.61. The van der Waals surface area contributed by atoms with Crippen LogP contribution in [0.5, 0.6) is 5.75 Å². The lowest BCUT2D eigenvalue weighted by Gasteiger charge is -2.36. The molecule has 0 unspecified atom stereocenters. The molecule has 73 heavy (non-hydrogen) atoms. The first kappa shape index (κ1) is 61.7. The first-order valence-electron chi connectivity index (χ1n) is 26.3. The van der Waals surface area contributed by atoms with Crippen LogP contribution in [0.4, 0.5) is 0 Å². The molecule has 410 valence electrons. The third-order valence-corrected chi connectivity index (χ3v) is 14.1. The van der Waals surface area contributed by atoms with Gasteiger partial charge in [-0.05, 0) is 87.3 Å². The van der Waals surface area contributed by atoms with Crippen LogP contribution in [0.1, 0.15) is 140 Å². The van der Waals surface area contributed by atoms with E-state index >= 15 is 0 Å². The number of Topliss-reactive ketones (excluding diaryl/α,β-unsaturated/α-hetero) is 1. The van der Waals surface area contributed by atoms with E-state index in [4.69, 9.17) is 14.2 Å². The number of unbranched alkanes of at least 4 members (excludes halogenated alkanes) is 1. The number of carbonyl (C=O) groups excluding carboxylic acids is 9. The molecule has 11 atom stereocenters. The second-order valence-electron chi connectivity index (χ2n) is 21.2. The highest BCUT2D eigenvalue weighted by Crippen LogP contribution is 2.26. The molecule has 1 aromatic carbocycles. The number of aliphatic hydroxyl groups excluding tert-OH is 1. The van der Waals surface area contributed by atoms with Crippen LogP contribution in [0, 0.1) is 29.6 Å². The number of nitrogens with zero attached hydrogens (tertiary/aromatic N) is 3. The van der Waals surface area contributed by atoms with Crippen molar-refractivity contribution >= 4 is 53.2 Å². The van der Waals surface area contributed by atoms with E-state index in [1.54, 1.807) is 45.0 Å². The van der Waals surface area contributed by atoms with Crippen molar-refractivity contribution in [2.24, 2.45) is 29.6 Å². The monoisotopic (exact) mass is 1030 g/mol. The summed E-state index contributed by atoms with van der Waals surface area (Å²) in [6.07, 6.45) is -2.29. The minimum absolute atomic E-state index is 0.0766. The Morgan fingerprint density at radius 1 is 0.904 bits per heavy atom. The second-order valence-corrected chi connectivity index (χ2v) is 21.2. The van der Waals surface area contributed by atoms with E-state index in [9.17, 15) is 48.3 Å². The SMILES string of the molecule is CCCCC(=O)N(C)[C@H](CC(C)C)C(=O)N[C@@H]1C(=O)N[C@@H]([C@@H](C)CC)[C@H](O)CC(=O)O[C@H](C(C)C)C(=O)[C@H](C)C(=O)N[C@H](CC(C)C)C(=O)N2CCC[C@H]2C(=O)N(C)[C@@H](Cc2ccc(OC)cc2)C(=O)O[C@H]1C. The van der Waals surface area contributed by atoms with Crippen LogP contribution in [-0.4, -0.2) is 155 Å². The Morgan fingerprint density at radius 2 is 1.55 bits per heavy atom. The summed E-state index contributed by atoms with van der Waals surface area (Å²) in [6, 6.07) is -0.605. The molecule has 0 saturated carbocycles. The molecule has 0 aliphatic carbocycles. The summed E-state index contributed by atoms with van der Waals surface area (Å²) in [5.41, 5.74) is 0.605. The Labute approximate surface area is 432 Å². The third-order valence-electron chi connectivity index (χ3n) is 14.1. The standard InChI is InChI=1S/C54H86N6O13/c1-15-17-20-43(62)58(12)40(27-31(5)6)50(66)57-46-35(11)72-54(70)41(28-36-21-23-37(71-14)24-22-36)59(13)53(69)39-19-18-25-60(39)52(68)38(26-30(3)4)55-49(65)34(10)47(64)48(32(7)8)73-44(63)29-42(61)45(33(9)16-2)56-51(46)67/h21-24,30-35,38-42,45-46,48,61H,15-20,25-29H2,1-14H3,(H,55,65)(H,56,67)(H,57,66)/t33-,34-,35-,38+,39-,40+,41-,42+,45-,46-,48+/m0/s1. The van der Waals surface area contributed by atoms with Gasteiger partial charge in [-0.2, -0.15) is 0 Å². The maximum absolute atomic E-state index is 14.8. The molecule has 6 amide bonds. The topological polar surface area (TPSA) is 247 Å². The number of hydrogen-bond donors (Lipinski definition) is 4. The van der Waals surface area contributed by atoms with Crippen molar-refractivity contribution < 1.29 is 62.5 Å². The van der Waals surface area contributed by atoms with Gasteiger partial charge >= 0.3 is 11.9 Å². The van der Waals surface area contributed by atoms with Crippen LogP contribution in [0.2, 0.25) is 0 Å². The first-order valence-corrected chi connectivity index (χ1v) is 26.3. The van der Waals surface area contributed by atoms with Gasteiger partial charge in [0.25, 0.3) is 0 Å². The molecule has 3 rings (SSSR count). The number of cyclic esters (lactones) is 2. The van der Waals surface area contributed by atoms with Crippen molar-refractivity contribution in [2.75, 3.05) is 27.7 Å². The average molecular weight is 1030 g/mol. The highest BCUT2D eigenvalue weighted by atomic mass is 16.6. The van der Waals surface area contributed by atoms with Gasteiger partial charge in [-0.3, -0.25) is 38.4 Å². The van der Waals surface area contributed by atoms with Crippen LogP contribution < -0.4 is 20.7 Å². The van der Waals surface area contributed by atoms with Gasteiger partial charge in [-0.25, -0.2) is 4.79 Å². The Morgan fingerprint density at radius 3 is 2.11 bits per heavy atom. The quantitative estimate of drug-likeness (QED) is 0.135. The van der Waals surface area contributed by atoms with Gasteiger partial charge in [0, 0.05) is 33.5 Å². The Bertz CT molecular complexity index is 2060. The fourth-order valence-electron chi connectivity index (χ4n) is 9.28. The molecule has 0 bridgehead atoms. The Kier molecular flexibility index (Phi) is 24.3. The number of nitrogens with one attached hydrogen (secondary N) is 3. The highest BCUT2D eigenvalue weighted by Gasteiger charge is 2.45. The Balaban J connectivity index is 2.28. The molecule has 2 heterocycles. The molecule has 0 spiro atoms. The van der Waals surface area contributed by atoms with Crippen LogP contribution in [0.3, 0.4) is 0 Å². The molecule has 4 N–H and O–H groups in total. The molecule has 2 aliphatic rings. The van der Waals surface area contributed by atoms with Crippen molar-refractivity contribution in [1.29, 1.82) is 0 Å². The van der Waals surface area contributed by atoms with Gasteiger partial charge in [0.15, 0.2) is 11.9 Å². The summed E-state index contributed by atoms with van der Waals surface area (Å²) >= 11 is 0. The average Bonchev–Trinajstić information content (AvgIpc) is 3.84. The molecular formula is C54H86N6O13. The van der Waals surface area contributed by atoms with Gasteiger partial charge in [0.05, 0.1) is 31.6 Å². The van der Waals surface area contributed by atoms with E-state index in [1.807, 2.05) is 41.5 Å². The summed E-state index contributed by atoms with van der Waals surface area (Å²) in [4.78, 5) is 133. The summed E-state index contributed by atoms with van der Waals surface area (Å²) in [5.74, 6) is -8.64. The van der Waals surface area contributed by atoms with Gasteiger partial charge in [0.1, 0.15) is 42.1 Å². The molecule has 19 nitrogen and oxygen atoms in total. The van der Waals surface area contributed by atoms with Gasteiger partial charge < -0.3 is 50.0 Å². The molecule has 2 aliphatic heterocycles. The van der Waals surface area contributed by atoms with Crippen molar-refractivity contribution in [3.8, 4) is 5.75 Å². The van der Waals surface area contributed by atoms with Crippen molar-refractivity contribution in [2.45, 2.75) is 195 Å². The van der Waals surface area contributed by atoms with E-state index < -0.39 is 126 Å². The first-order chi connectivity index (χ1) is 34.3. The maximum Gasteiger partial charge on any atom is 0.329 e. The molecule has 0 radical (unpaired) electrons. The summed E-state index contributed by atoms with van der Waals surface area (Å²) in [7, 11) is 4.45. The van der Waals surface area contributed by atoms with Crippen LogP contribution in [0.15, 0.2) is 24.3 Å². The predicted molar refractivity (Wildman–Crippen MR) is 273 cm³/mol. The Hall–Kier alpha value is -5.59. The van der Waals surface area contributed by atoms with Crippen LogP contribution in [-0.2, 0) is 59.0 Å². The van der Waals surface area contributed by atoms with E-state index in [0.717, 1.165) is 6.42 Å². The number of rotatable bonds is 16. The molecule has 2 saturated heterocycles. The number of ketones is 1. The second kappa shape index (κ2) is 28.8. The largest absolute Gasteiger partial charge is 0.497 e. The lowest BCUT2D eigenvalue weighted by atomic mass is 9.91. The summed E-state index contributed by atoms with van der Waals surface area (Å²) in [5, 5.41) is 20.1. The molecule has 2 fully saturated rings. The molecule has 0 aromatic heterocycles. The van der Waals surface area contributed by atoms with E-state index in [0.29, 0.717) is 30.6 Å². The fraction of sp³-hybridized carbons (Fsp3) is 0.722. The van der Waals surface area contributed by atoms with Gasteiger partial charge in [-0.1, -0.05) is 87.3 Å². The number of hydrogen-bond acceptors (Lipinski definition) is 13. The van der Waals surface area contributed by atoms with Gasteiger partial charge in [-0.15, -0.1) is 0 Å². The molecule has 19 heteroatoms. The smallest absolute Gasteiger partial charge is 0.329 e. The predicted octanol–water partition coefficient (Wildman–Crippen LogP) is 4.13. The third kappa shape index (κ3) is 17.2. The highest BCUT2D eigenvalue weighted by molar-refractivity contribution is 6.05. The van der Waals surface area contributed by atoms with E-state index in [-0.39, 0.29) is 56.4 Å². The number of amides is 6. The van der Waals surface area contributed by atoms with E-state index in [1.165, 1.54) is 49.8 Å². The molecule has 1 aromatic rings. The molecular weight excluding hydrogens is 941 g/mol. The van der Waals surface area contributed by atoms with Gasteiger partial charge in [0.2, 0.25) is 35.4 Å². The number of aliphatic hydroxyl groups is 1. The zero-order valence-electron chi connectivity index (χ0n) is 45.9. The number of benzene rings is 1. The lowest BCUT2D eigenvalue weighted by molar-refractivity contribution is -0.163. The number of esters is 2. The van der Waals surface area contributed by atoms with Crippen molar-refractivity contribution in [3.63, 3.8) is 0 Å². The van der Waals surface area contributed by atoms with E-state index in [2.05, 4.69) is 16.0 Å². The number of ether oxygens (including phenoxy) is 3. The number of carbonyl (C=O) groups is 9.